The van der Waals surface area contributed by atoms with Crippen molar-refractivity contribution in [2.45, 2.75) is 6.04 Å². The zero-order chi connectivity index (χ0) is 19.2. The predicted molar refractivity (Wildman–Crippen MR) is 105 cm³/mol. The fourth-order valence-electron chi connectivity index (χ4n) is 2.87. The van der Waals surface area contributed by atoms with Crippen molar-refractivity contribution < 1.29 is 4.79 Å². The quantitative estimate of drug-likeness (QED) is 0.584. The summed E-state index contributed by atoms with van der Waals surface area (Å²) in [6.45, 7) is 0. The predicted octanol–water partition coefficient (Wildman–Crippen LogP) is 3.45. The Labute approximate surface area is 162 Å². The molecule has 0 bridgehead atoms. The minimum absolute atomic E-state index is 0.244. The Kier molecular flexibility index (Phi) is 5.11. The standard InChI is InChI=1S/C22H17N5O/c28-22(19-14-25-21(26-15-19)18-8-12-24-13-9-18)27-20(16-4-2-1-3-5-16)17-6-10-23-11-7-17/h1-15,20H,(H,27,28)/t20-/m0/s1. The number of carbonyl (C=O) groups excluding carboxylic acids is 1. The van der Waals surface area contributed by atoms with Gasteiger partial charge in [0.1, 0.15) is 0 Å². The highest BCUT2D eigenvalue weighted by Gasteiger charge is 2.18. The van der Waals surface area contributed by atoms with Crippen LogP contribution in [0.2, 0.25) is 0 Å². The number of aromatic nitrogens is 4. The van der Waals surface area contributed by atoms with Crippen LogP contribution in [0.1, 0.15) is 27.5 Å². The maximum Gasteiger partial charge on any atom is 0.255 e. The second-order valence-electron chi connectivity index (χ2n) is 6.13. The van der Waals surface area contributed by atoms with Gasteiger partial charge in [0, 0.05) is 42.7 Å². The lowest BCUT2D eigenvalue weighted by Crippen LogP contribution is -2.29. The lowest BCUT2D eigenvalue weighted by atomic mass is 9.99. The molecule has 4 aromatic rings. The van der Waals surface area contributed by atoms with Gasteiger partial charge in [0.2, 0.25) is 0 Å². The maximum atomic E-state index is 12.8. The van der Waals surface area contributed by atoms with Gasteiger partial charge in [0.25, 0.3) is 5.91 Å². The van der Waals surface area contributed by atoms with E-state index in [-0.39, 0.29) is 11.9 Å². The van der Waals surface area contributed by atoms with Crippen LogP contribution < -0.4 is 5.32 Å². The van der Waals surface area contributed by atoms with Crippen molar-refractivity contribution in [3.8, 4) is 11.4 Å². The zero-order valence-corrected chi connectivity index (χ0v) is 14.9. The van der Waals surface area contributed by atoms with Gasteiger partial charge in [-0.2, -0.15) is 0 Å². The Bertz CT molecular complexity index is 999. The molecule has 1 N–H and O–H groups in total. The molecular formula is C22H17N5O. The number of pyridine rings is 2. The fourth-order valence-corrected chi connectivity index (χ4v) is 2.87. The molecule has 0 spiro atoms. The van der Waals surface area contributed by atoms with E-state index < -0.39 is 0 Å². The zero-order valence-electron chi connectivity index (χ0n) is 14.9. The molecule has 0 saturated heterocycles. The van der Waals surface area contributed by atoms with Crippen molar-refractivity contribution in [2.75, 3.05) is 0 Å². The molecule has 0 aliphatic rings. The SMILES string of the molecule is O=C(N[C@@H](c1ccccc1)c1ccncc1)c1cnc(-c2ccncc2)nc1. The summed E-state index contributed by atoms with van der Waals surface area (Å²) < 4.78 is 0. The van der Waals surface area contributed by atoms with Crippen LogP contribution in [0.15, 0.2) is 91.8 Å². The van der Waals surface area contributed by atoms with Gasteiger partial charge in [0.05, 0.1) is 11.6 Å². The Hall–Kier alpha value is -3.93. The van der Waals surface area contributed by atoms with Crippen LogP contribution in [0.3, 0.4) is 0 Å². The topological polar surface area (TPSA) is 80.7 Å². The van der Waals surface area contributed by atoms with Gasteiger partial charge in [-0.15, -0.1) is 0 Å². The van der Waals surface area contributed by atoms with Gasteiger partial charge in [0.15, 0.2) is 5.82 Å². The van der Waals surface area contributed by atoms with Gasteiger partial charge >= 0.3 is 0 Å². The summed E-state index contributed by atoms with van der Waals surface area (Å²) in [4.78, 5) is 29.5. The van der Waals surface area contributed by atoms with Crippen molar-refractivity contribution in [3.63, 3.8) is 0 Å². The van der Waals surface area contributed by atoms with Crippen LogP contribution in [0.5, 0.6) is 0 Å². The lowest BCUT2D eigenvalue weighted by Gasteiger charge is -2.19. The molecule has 1 aromatic carbocycles. The average molecular weight is 367 g/mol. The molecule has 1 atom stereocenters. The number of benzene rings is 1. The van der Waals surface area contributed by atoms with E-state index in [4.69, 9.17) is 0 Å². The van der Waals surface area contributed by atoms with Gasteiger partial charge < -0.3 is 5.32 Å². The molecule has 4 rings (SSSR count). The first-order chi connectivity index (χ1) is 13.8. The van der Waals surface area contributed by atoms with Gasteiger partial charge in [-0.05, 0) is 35.4 Å². The van der Waals surface area contributed by atoms with E-state index in [1.165, 1.54) is 12.4 Å². The summed E-state index contributed by atoms with van der Waals surface area (Å²) >= 11 is 0. The fraction of sp³-hybridized carbons (Fsp3) is 0.0455. The van der Waals surface area contributed by atoms with Crippen LogP contribution in [-0.2, 0) is 0 Å². The number of hydrogen-bond donors (Lipinski definition) is 1. The van der Waals surface area contributed by atoms with Gasteiger partial charge in [-0.25, -0.2) is 9.97 Å². The molecule has 6 heteroatoms. The number of nitrogens with zero attached hydrogens (tertiary/aromatic N) is 4. The normalized spacial score (nSPS) is 11.6. The minimum atomic E-state index is -0.295. The highest BCUT2D eigenvalue weighted by atomic mass is 16.1. The molecule has 136 valence electrons. The van der Waals surface area contributed by atoms with Crippen LogP contribution >= 0.6 is 0 Å². The average Bonchev–Trinajstić information content (AvgIpc) is 2.79. The first-order valence-electron chi connectivity index (χ1n) is 8.79. The summed E-state index contributed by atoms with van der Waals surface area (Å²) in [6, 6.07) is 16.9. The summed E-state index contributed by atoms with van der Waals surface area (Å²) in [5, 5.41) is 3.07. The van der Waals surface area contributed by atoms with E-state index in [2.05, 4.69) is 25.3 Å². The van der Waals surface area contributed by atoms with Crippen molar-refractivity contribution in [1.29, 1.82) is 0 Å². The van der Waals surface area contributed by atoms with E-state index in [1.54, 1.807) is 24.8 Å². The number of nitrogens with one attached hydrogen (secondary N) is 1. The van der Waals surface area contributed by atoms with Crippen LogP contribution in [0.4, 0.5) is 0 Å². The Balaban J connectivity index is 1.58. The second kappa shape index (κ2) is 8.18. The third-order valence-electron chi connectivity index (χ3n) is 4.30. The molecule has 0 unspecified atom stereocenters. The number of hydrogen-bond acceptors (Lipinski definition) is 5. The molecule has 0 fully saturated rings. The Morgan fingerprint density at radius 1 is 0.750 bits per heavy atom. The smallest absolute Gasteiger partial charge is 0.255 e. The second-order valence-corrected chi connectivity index (χ2v) is 6.13. The van der Waals surface area contributed by atoms with Crippen molar-refractivity contribution >= 4 is 5.91 Å². The van der Waals surface area contributed by atoms with Crippen molar-refractivity contribution in [1.82, 2.24) is 25.3 Å². The van der Waals surface area contributed by atoms with E-state index in [9.17, 15) is 4.79 Å². The summed E-state index contributed by atoms with van der Waals surface area (Å²) in [7, 11) is 0. The number of rotatable bonds is 5. The van der Waals surface area contributed by atoms with Gasteiger partial charge in [-0.3, -0.25) is 14.8 Å². The monoisotopic (exact) mass is 367 g/mol. The third-order valence-corrected chi connectivity index (χ3v) is 4.30. The molecule has 0 aliphatic carbocycles. The Morgan fingerprint density at radius 3 is 1.96 bits per heavy atom. The molecule has 3 aromatic heterocycles. The lowest BCUT2D eigenvalue weighted by molar-refractivity contribution is 0.0942. The molecule has 0 aliphatic heterocycles. The molecule has 0 saturated carbocycles. The third kappa shape index (κ3) is 3.91. The van der Waals surface area contributed by atoms with Crippen molar-refractivity contribution in [3.05, 3.63) is 108 Å². The van der Waals surface area contributed by atoms with E-state index in [0.717, 1.165) is 16.7 Å². The van der Waals surface area contributed by atoms with Crippen LogP contribution in [0.25, 0.3) is 11.4 Å². The summed E-state index contributed by atoms with van der Waals surface area (Å²) in [5.74, 6) is 0.305. The molecule has 3 heterocycles. The molecular weight excluding hydrogens is 350 g/mol. The highest BCUT2D eigenvalue weighted by Crippen LogP contribution is 2.22. The van der Waals surface area contributed by atoms with Gasteiger partial charge in [-0.1, -0.05) is 30.3 Å². The number of amides is 1. The summed E-state index contributed by atoms with van der Waals surface area (Å²) in [6.07, 6.45) is 9.85. The largest absolute Gasteiger partial charge is 0.341 e. The molecule has 28 heavy (non-hydrogen) atoms. The molecule has 6 nitrogen and oxygen atoms in total. The van der Waals surface area contributed by atoms with Crippen LogP contribution in [-0.4, -0.2) is 25.8 Å². The molecule has 0 radical (unpaired) electrons. The van der Waals surface area contributed by atoms with E-state index >= 15 is 0 Å². The maximum absolute atomic E-state index is 12.8. The highest BCUT2D eigenvalue weighted by molar-refractivity contribution is 5.94. The minimum Gasteiger partial charge on any atom is -0.341 e. The first-order valence-corrected chi connectivity index (χ1v) is 8.79. The molecule has 1 amide bonds. The number of carbonyl (C=O) groups is 1. The Morgan fingerprint density at radius 2 is 1.32 bits per heavy atom. The van der Waals surface area contributed by atoms with Crippen molar-refractivity contribution in [2.24, 2.45) is 0 Å². The van der Waals surface area contributed by atoms with E-state index in [0.29, 0.717) is 11.4 Å². The van der Waals surface area contributed by atoms with Crippen LogP contribution in [0, 0.1) is 0 Å². The summed E-state index contributed by atoms with van der Waals surface area (Å²) in [5.41, 5.74) is 3.17. The first kappa shape index (κ1) is 17.5. The van der Waals surface area contributed by atoms with E-state index in [1.807, 2.05) is 54.6 Å².